The summed E-state index contributed by atoms with van der Waals surface area (Å²) in [7, 11) is 0. The van der Waals surface area contributed by atoms with Gasteiger partial charge in [0.25, 0.3) is 0 Å². The van der Waals surface area contributed by atoms with E-state index in [0.717, 1.165) is 0 Å². The summed E-state index contributed by atoms with van der Waals surface area (Å²) in [6.07, 6.45) is 0.322. The number of rotatable bonds is 8. The zero-order valence-corrected chi connectivity index (χ0v) is 14.7. The molecule has 1 amide bonds. The van der Waals surface area contributed by atoms with E-state index in [1.165, 1.54) is 0 Å². The Morgan fingerprint density at radius 1 is 0.962 bits per heavy atom. The van der Waals surface area contributed by atoms with Crippen molar-refractivity contribution in [2.75, 3.05) is 6.54 Å². The molecule has 0 bridgehead atoms. The molecule has 2 rings (SSSR count). The third-order valence-electron chi connectivity index (χ3n) is 3.93. The molecule has 0 saturated carbocycles. The van der Waals surface area contributed by atoms with Crippen LogP contribution in [0.5, 0.6) is 0 Å². The quantitative estimate of drug-likeness (QED) is 0.565. The normalized spacial score (nSPS) is 11.5. The number of hydrogen-bond donors (Lipinski definition) is 2. The van der Waals surface area contributed by atoms with Crippen molar-refractivity contribution < 1.29 is 14.4 Å². The summed E-state index contributed by atoms with van der Waals surface area (Å²) in [6.45, 7) is 5.45. The van der Waals surface area contributed by atoms with Crippen molar-refractivity contribution in [1.82, 2.24) is 5.32 Å². The lowest BCUT2D eigenvalue weighted by Crippen LogP contribution is -2.35. The van der Waals surface area contributed by atoms with Crippen LogP contribution in [0.3, 0.4) is 0 Å². The highest BCUT2D eigenvalue weighted by Crippen LogP contribution is 2.12. The summed E-state index contributed by atoms with van der Waals surface area (Å²) in [6, 6.07) is 14.7. The molecule has 1 unspecified atom stereocenters. The third-order valence-corrected chi connectivity index (χ3v) is 3.93. The van der Waals surface area contributed by atoms with E-state index in [-0.39, 0.29) is 17.5 Å². The van der Waals surface area contributed by atoms with Gasteiger partial charge in [-0.25, -0.2) is 0 Å². The number of ketones is 2. The SMILES string of the molecule is C=C(C)C(=O)NCCC(N)C(=O)c1ccc(C(=O)c2ccccc2)cc1. The van der Waals surface area contributed by atoms with Gasteiger partial charge in [-0.05, 0) is 13.3 Å². The fourth-order valence-electron chi connectivity index (χ4n) is 2.38. The predicted octanol–water partition coefficient (Wildman–Crippen LogP) is 2.51. The highest BCUT2D eigenvalue weighted by Gasteiger charge is 2.17. The van der Waals surface area contributed by atoms with Crippen LogP contribution < -0.4 is 11.1 Å². The van der Waals surface area contributed by atoms with Gasteiger partial charge in [0.1, 0.15) is 0 Å². The van der Waals surface area contributed by atoms with Crippen molar-refractivity contribution >= 4 is 17.5 Å². The molecule has 0 spiro atoms. The van der Waals surface area contributed by atoms with Crippen molar-refractivity contribution in [3.63, 3.8) is 0 Å². The Labute approximate surface area is 152 Å². The lowest BCUT2D eigenvalue weighted by Gasteiger charge is -2.12. The number of Topliss-reactive ketones (excluding diaryl/α,β-unsaturated/α-hetero) is 1. The summed E-state index contributed by atoms with van der Waals surface area (Å²) in [5.74, 6) is -0.585. The second-order valence-electron chi connectivity index (χ2n) is 6.07. The fourth-order valence-corrected chi connectivity index (χ4v) is 2.38. The molecule has 0 radical (unpaired) electrons. The molecule has 5 nitrogen and oxygen atoms in total. The van der Waals surface area contributed by atoms with Gasteiger partial charge in [-0.3, -0.25) is 14.4 Å². The maximum absolute atomic E-state index is 12.4. The van der Waals surface area contributed by atoms with E-state index < -0.39 is 6.04 Å². The fraction of sp³-hybridized carbons (Fsp3) is 0.190. The minimum absolute atomic E-state index is 0.101. The Morgan fingerprint density at radius 2 is 1.50 bits per heavy atom. The molecule has 0 fully saturated rings. The summed E-state index contributed by atoms with van der Waals surface area (Å²) in [4.78, 5) is 36.1. The van der Waals surface area contributed by atoms with Crippen LogP contribution in [0.4, 0.5) is 0 Å². The average molecular weight is 350 g/mol. The molecule has 2 aromatic rings. The zero-order chi connectivity index (χ0) is 19.1. The van der Waals surface area contributed by atoms with Gasteiger partial charge in [0, 0.05) is 28.8 Å². The van der Waals surface area contributed by atoms with E-state index in [0.29, 0.717) is 35.2 Å². The predicted molar refractivity (Wildman–Crippen MR) is 101 cm³/mol. The van der Waals surface area contributed by atoms with Gasteiger partial charge in [0.05, 0.1) is 6.04 Å². The molecule has 5 heteroatoms. The van der Waals surface area contributed by atoms with E-state index >= 15 is 0 Å². The van der Waals surface area contributed by atoms with Crippen LogP contribution in [-0.4, -0.2) is 30.1 Å². The highest BCUT2D eigenvalue weighted by molar-refractivity contribution is 6.09. The van der Waals surface area contributed by atoms with Crippen LogP contribution >= 0.6 is 0 Å². The maximum atomic E-state index is 12.4. The second-order valence-corrected chi connectivity index (χ2v) is 6.07. The van der Waals surface area contributed by atoms with Gasteiger partial charge < -0.3 is 11.1 Å². The molecule has 0 aliphatic rings. The molecule has 0 heterocycles. The van der Waals surface area contributed by atoms with Crippen LogP contribution in [0.15, 0.2) is 66.7 Å². The van der Waals surface area contributed by atoms with Gasteiger partial charge in [-0.2, -0.15) is 0 Å². The van der Waals surface area contributed by atoms with E-state index in [2.05, 4.69) is 11.9 Å². The number of carbonyl (C=O) groups is 3. The summed E-state index contributed by atoms with van der Waals surface area (Å²) < 4.78 is 0. The first-order chi connectivity index (χ1) is 12.4. The van der Waals surface area contributed by atoms with Crippen LogP contribution in [0.2, 0.25) is 0 Å². The van der Waals surface area contributed by atoms with E-state index in [9.17, 15) is 14.4 Å². The van der Waals surface area contributed by atoms with Crippen molar-refractivity contribution in [3.8, 4) is 0 Å². The lowest BCUT2D eigenvalue weighted by atomic mass is 9.98. The Hall–Kier alpha value is -3.05. The van der Waals surface area contributed by atoms with Crippen molar-refractivity contribution in [2.24, 2.45) is 5.73 Å². The number of nitrogens with one attached hydrogen (secondary N) is 1. The van der Waals surface area contributed by atoms with Crippen LogP contribution in [-0.2, 0) is 4.79 Å². The number of hydrogen-bond acceptors (Lipinski definition) is 4. The molecule has 3 N–H and O–H groups in total. The Bertz CT molecular complexity index is 811. The first kappa shape index (κ1) is 19.3. The minimum Gasteiger partial charge on any atom is -0.352 e. The molecule has 0 aliphatic carbocycles. The number of amides is 1. The highest BCUT2D eigenvalue weighted by atomic mass is 16.2. The first-order valence-corrected chi connectivity index (χ1v) is 8.33. The Balaban J connectivity index is 1.96. The van der Waals surface area contributed by atoms with Gasteiger partial charge in [0.2, 0.25) is 5.91 Å². The molecular formula is C21H22N2O3. The molecule has 0 aliphatic heterocycles. The molecule has 26 heavy (non-hydrogen) atoms. The molecule has 0 aromatic heterocycles. The van der Waals surface area contributed by atoms with E-state index in [4.69, 9.17) is 5.73 Å². The van der Waals surface area contributed by atoms with Crippen LogP contribution in [0.25, 0.3) is 0 Å². The maximum Gasteiger partial charge on any atom is 0.246 e. The van der Waals surface area contributed by atoms with Gasteiger partial charge in [-0.1, -0.05) is 61.2 Å². The van der Waals surface area contributed by atoms with Crippen molar-refractivity contribution in [2.45, 2.75) is 19.4 Å². The van der Waals surface area contributed by atoms with Gasteiger partial charge in [-0.15, -0.1) is 0 Å². The third kappa shape index (κ3) is 4.97. The summed E-state index contributed by atoms with van der Waals surface area (Å²) in [5, 5.41) is 2.65. The standard InChI is InChI=1S/C21H22N2O3/c1-14(2)21(26)23-13-12-18(22)20(25)17-10-8-16(9-11-17)19(24)15-6-4-3-5-7-15/h3-11,18H,1,12-13,22H2,2H3,(H,23,26). The van der Waals surface area contributed by atoms with Gasteiger partial charge in [0.15, 0.2) is 11.6 Å². The monoisotopic (exact) mass is 350 g/mol. The average Bonchev–Trinajstić information content (AvgIpc) is 2.67. The van der Waals surface area contributed by atoms with Crippen LogP contribution in [0, 0.1) is 0 Å². The number of benzene rings is 2. The van der Waals surface area contributed by atoms with E-state index in [1.54, 1.807) is 55.5 Å². The van der Waals surface area contributed by atoms with Crippen LogP contribution in [0.1, 0.15) is 39.6 Å². The van der Waals surface area contributed by atoms with Crippen molar-refractivity contribution in [3.05, 3.63) is 83.4 Å². The van der Waals surface area contributed by atoms with E-state index in [1.807, 2.05) is 6.07 Å². The summed E-state index contributed by atoms with van der Waals surface area (Å²) in [5.41, 5.74) is 7.86. The smallest absolute Gasteiger partial charge is 0.246 e. The largest absolute Gasteiger partial charge is 0.352 e. The molecule has 1 atom stereocenters. The lowest BCUT2D eigenvalue weighted by molar-refractivity contribution is -0.117. The molecule has 0 saturated heterocycles. The topological polar surface area (TPSA) is 89.3 Å². The zero-order valence-electron chi connectivity index (χ0n) is 14.7. The van der Waals surface area contributed by atoms with Gasteiger partial charge >= 0.3 is 0 Å². The second kappa shape index (κ2) is 8.87. The molecule has 134 valence electrons. The first-order valence-electron chi connectivity index (χ1n) is 8.33. The Kier molecular flexibility index (Phi) is 6.58. The minimum atomic E-state index is -0.726. The molecule has 2 aromatic carbocycles. The molecular weight excluding hydrogens is 328 g/mol. The summed E-state index contributed by atoms with van der Waals surface area (Å²) >= 11 is 0. The number of carbonyl (C=O) groups excluding carboxylic acids is 3. The number of nitrogens with two attached hydrogens (primary N) is 1. The Morgan fingerprint density at radius 3 is 2.08 bits per heavy atom. The van der Waals surface area contributed by atoms with Crippen molar-refractivity contribution in [1.29, 1.82) is 0 Å².